The molecule has 0 saturated heterocycles. The van der Waals surface area contributed by atoms with Crippen LogP contribution in [0.5, 0.6) is 0 Å². The molecule has 0 aromatic heterocycles. The van der Waals surface area contributed by atoms with Gasteiger partial charge in [-0.25, -0.2) is 0 Å². The summed E-state index contributed by atoms with van der Waals surface area (Å²) in [5.74, 6) is 0.0238. The van der Waals surface area contributed by atoms with Gasteiger partial charge < -0.3 is 5.73 Å². The minimum Gasteiger partial charge on any atom is -0.384 e. The van der Waals surface area contributed by atoms with Crippen molar-refractivity contribution in [1.82, 2.24) is 4.90 Å². The molecule has 21 heavy (non-hydrogen) atoms. The van der Waals surface area contributed by atoms with Crippen molar-refractivity contribution in [2.45, 2.75) is 13.1 Å². The first-order chi connectivity index (χ1) is 9.95. The standard InChI is InChI=1S/C16H17Cl2N3/c1-21(9-11-3-2-4-14(17)7-11)10-13-6-5-12(16(19)20)8-15(13)18/h2-8H,9-10H2,1H3,(H3,19,20). The fourth-order valence-corrected chi connectivity index (χ4v) is 2.59. The summed E-state index contributed by atoms with van der Waals surface area (Å²) < 4.78 is 0. The molecule has 3 nitrogen and oxygen atoms in total. The molecule has 0 aliphatic carbocycles. The Hall–Kier alpha value is -1.55. The first-order valence-electron chi connectivity index (χ1n) is 6.51. The molecule has 0 fully saturated rings. The van der Waals surface area contributed by atoms with Gasteiger partial charge in [0.15, 0.2) is 0 Å². The van der Waals surface area contributed by atoms with E-state index in [1.54, 1.807) is 6.07 Å². The molecule has 0 aliphatic rings. The van der Waals surface area contributed by atoms with E-state index in [9.17, 15) is 0 Å². The monoisotopic (exact) mass is 321 g/mol. The van der Waals surface area contributed by atoms with Crippen LogP contribution < -0.4 is 5.73 Å². The number of nitrogen functional groups attached to an aromatic ring is 1. The van der Waals surface area contributed by atoms with Crippen LogP contribution in [0.25, 0.3) is 0 Å². The lowest BCUT2D eigenvalue weighted by Gasteiger charge is -2.18. The molecule has 0 bridgehead atoms. The lowest BCUT2D eigenvalue weighted by Crippen LogP contribution is -2.18. The van der Waals surface area contributed by atoms with Crippen molar-refractivity contribution in [3.05, 3.63) is 69.2 Å². The minimum atomic E-state index is 0.0238. The van der Waals surface area contributed by atoms with Crippen molar-refractivity contribution >= 4 is 29.0 Å². The predicted molar refractivity (Wildman–Crippen MR) is 89.1 cm³/mol. The number of benzene rings is 2. The van der Waals surface area contributed by atoms with Crippen molar-refractivity contribution in [2.24, 2.45) is 5.73 Å². The zero-order chi connectivity index (χ0) is 15.4. The van der Waals surface area contributed by atoms with Crippen LogP contribution in [0, 0.1) is 5.41 Å². The molecule has 2 rings (SSSR count). The van der Waals surface area contributed by atoms with E-state index in [2.05, 4.69) is 4.90 Å². The summed E-state index contributed by atoms with van der Waals surface area (Å²) >= 11 is 12.2. The Morgan fingerprint density at radius 1 is 1.14 bits per heavy atom. The lowest BCUT2D eigenvalue weighted by atomic mass is 10.1. The van der Waals surface area contributed by atoms with Gasteiger partial charge in [-0.2, -0.15) is 0 Å². The number of nitrogens with one attached hydrogen (secondary N) is 1. The molecule has 0 heterocycles. The second kappa shape index (κ2) is 6.94. The zero-order valence-corrected chi connectivity index (χ0v) is 13.2. The number of nitrogens with zero attached hydrogens (tertiary/aromatic N) is 1. The van der Waals surface area contributed by atoms with Gasteiger partial charge in [-0.15, -0.1) is 0 Å². The number of hydrogen-bond donors (Lipinski definition) is 2. The molecular formula is C16H17Cl2N3. The number of amidine groups is 1. The maximum Gasteiger partial charge on any atom is 0.122 e. The van der Waals surface area contributed by atoms with E-state index in [1.807, 2.05) is 43.4 Å². The fraction of sp³-hybridized carbons (Fsp3) is 0.188. The van der Waals surface area contributed by atoms with Gasteiger partial charge in [0.05, 0.1) is 0 Å². The Labute approximate surface area is 134 Å². The summed E-state index contributed by atoms with van der Waals surface area (Å²) in [7, 11) is 2.02. The first-order valence-corrected chi connectivity index (χ1v) is 7.27. The van der Waals surface area contributed by atoms with Crippen LogP contribution in [0.2, 0.25) is 10.0 Å². The fourth-order valence-electron chi connectivity index (χ4n) is 2.14. The van der Waals surface area contributed by atoms with Gasteiger partial charge in [-0.05, 0) is 36.4 Å². The topological polar surface area (TPSA) is 53.1 Å². The smallest absolute Gasteiger partial charge is 0.122 e. The molecule has 3 N–H and O–H groups in total. The Bertz CT molecular complexity index is 656. The summed E-state index contributed by atoms with van der Waals surface area (Å²) in [6.45, 7) is 1.49. The quantitative estimate of drug-likeness (QED) is 0.648. The summed E-state index contributed by atoms with van der Waals surface area (Å²) in [5, 5.41) is 8.77. The molecule has 5 heteroatoms. The van der Waals surface area contributed by atoms with E-state index < -0.39 is 0 Å². The molecule has 0 saturated carbocycles. The molecule has 0 amide bonds. The highest BCUT2D eigenvalue weighted by molar-refractivity contribution is 6.31. The van der Waals surface area contributed by atoms with Crippen molar-refractivity contribution in [2.75, 3.05) is 7.05 Å². The van der Waals surface area contributed by atoms with E-state index >= 15 is 0 Å². The number of nitrogens with two attached hydrogens (primary N) is 1. The average Bonchev–Trinajstić information content (AvgIpc) is 2.40. The van der Waals surface area contributed by atoms with Gasteiger partial charge >= 0.3 is 0 Å². The number of rotatable bonds is 5. The van der Waals surface area contributed by atoms with Crippen molar-refractivity contribution in [3.8, 4) is 0 Å². The highest BCUT2D eigenvalue weighted by atomic mass is 35.5. The van der Waals surface area contributed by atoms with Crippen molar-refractivity contribution in [3.63, 3.8) is 0 Å². The van der Waals surface area contributed by atoms with Gasteiger partial charge in [0.25, 0.3) is 0 Å². The van der Waals surface area contributed by atoms with Crippen molar-refractivity contribution in [1.29, 1.82) is 5.41 Å². The summed E-state index contributed by atoms with van der Waals surface area (Å²) in [6, 6.07) is 13.3. The normalized spacial score (nSPS) is 10.9. The maximum absolute atomic E-state index is 7.41. The highest BCUT2D eigenvalue weighted by Crippen LogP contribution is 2.20. The Kier molecular flexibility index (Phi) is 5.23. The number of hydrogen-bond acceptors (Lipinski definition) is 2. The Morgan fingerprint density at radius 3 is 2.52 bits per heavy atom. The third-order valence-electron chi connectivity index (χ3n) is 3.15. The van der Waals surface area contributed by atoms with E-state index in [0.717, 1.165) is 22.7 Å². The second-order valence-electron chi connectivity index (χ2n) is 5.02. The largest absolute Gasteiger partial charge is 0.384 e. The van der Waals surface area contributed by atoms with E-state index in [0.29, 0.717) is 17.1 Å². The SMILES string of the molecule is CN(Cc1cccc(Cl)c1)Cc1ccc(C(=N)N)cc1Cl. The molecule has 0 atom stereocenters. The molecule has 0 unspecified atom stereocenters. The van der Waals surface area contributed by atoms with Crippen LogP contribution >= 0.6 is 23.2 Å². The summed E-state index contributed by atoms with van der Waals surface area (Å²) in [5.41, 5.74) is 8.25. The predicted octanol–water partition coefficient (Wildman–Crippen LogP) is 3.91. The van der Waals surface area contributed by atoms with Crippen molar-refractivity contribution < 1.29 is 0 Å². The minimum absolute atomic E-state index is 0.0238. The van der Waals surface area contributed by atoms with Crippen LogP contribution in [0.1, 0.15) is 16.7 Å². The molecular weight excluding hydrogens is 305 g/mol. The van der Waals surface area contributed by atoms with Gasteiger partial charge in [0, 0.05) is 28.7 Å². The van der Waals surface area contributed by atoms with E-state index in [1.165, 1.54) is 0 Å². The molecule has 110 valence electrons. The lowest BCUT2D eigenvalue weighted by molar-refractivity contribution is 0.319. The highest BCUT2D eigenvalue weighted by Gasteiger charge is 2.07. The average molecular weight is 322 g/mol. The summed E-state index contributed by atoms with van der Waals surface area (Å²) in [6.07, 6.45) is 0. The molecule has 0 aliphatic heterocycles. The van der Waals surface area contributed by atoms with Crippen LogP contribution in [0.15, 0.2) is 42.5 Å². The zero-order valence-electron chi connectivity index (χ0n) is 11.7. The Morgan fingerprint density at radius 2 is 1.90 bits per heavy atom. The Balaban J connectivity index is 2.06. The van der Waals surface area contributed by atoms with Gasteiger partial charge in [0.2, 0.25) is 0 Å². The van der Waals surface area contributed by atoms with E-state index in [4.69, 9.17) is 34.3 Å². The molecule has 0 radical (unpaired) electrons. The molecule has 2 aromatic rings. The summed E-state index contributed by atoms with van der Waals surface area (Å²) in [4.78, 5) is 2.15. The number of halogens is 2. The third-order valence-corrected chi connectivity index (χ3v) is 3.73. The van der Waals surface area contributed by atoms with Gasteiger partial charge in [-0.3, -0.25) is 10.3 Å². The van der Waals surface area contributed by atoms with Crippen LogP contribution in [-0.2, 0) is 13.1 Å². The first kappa shape index (κ1) is 15.8. The van der Waals surface area contributed by atoms with Crippen LogP contribution in [-0.4, -0.2) is 17.8 Å². The third kappa shape index (κ3) is 4.46. The van der Waals surface area contributed by atoms with E-state index in [-0.39, 0.29) is 5.84 Å². The van der Waals surface area contributed by atoms with Gasteiger partial charge in [-0.1, -0.05) is 47.5 Å². The second-order valence-corrected chi connectivity index (χ2v) is 5.87. The maximum atomic E-state index is 7.41. The van der Waals surface area contributed by atoms with Crippen LogP contribution in [0.3, 0.4) is 0 Å². The molecule has 2 aromatic carbocycles. The molecule has 0 spiro atoms. The van der Waals surface area contributed by atoms with Crippen LogP contribution in [0.4, 0.5) is 0 Å². The van der Waals surface area contributed by atoms with Gasteiger partial charge in [0.1, 0.15) is 5.84 Å².